The lowest BCUT2D eigenvalue weighted by atomic mass is 10.1. The van der Waals surface area contributed by atoms with Gasteiger partial charge in [-0.2, -0.15) is 11.8 Å². The average Bonchev–Trinajstić information content (AvgIpc) is 3.06. The van der Waals surface area contributed by atoms with E-state index in [2.05, 4.69) is 5.32 Å². The Bertz CT molecular complexity index is 808. The molecule has 1 aliphatic rings. The van der Waals surface area contributed by atoms with Crippen LogP contribution in [0.3, 0.4) is 0 Å². The van der Waals surface area contributed by atoms with Crippen molar-refractivity contribution in [1.29, 1.82) is 0 Å². The molecule has 0 bridgehead atoms. The van der Waals surface area contributed by atoms with Crippen LogP contribution in [0.5, 0.6) is 11.5 Å². The Morgan fingerprint density at radius 2 is 1.92 bits per heavy atom. The van der Waals surface area contributed by atoms with E-state index in [1.54, 1.807) is 17.8 Å². The van der Waals surface area contributed by atoms with Gasteiger partial charge in [-0.15, -0.1) is 0 Å². The zero-order valence-corrected chi connectivity index (χ0v) is 14.9. The maximum Gasteiger partial charge on any atom is 0.304 e. The number of fused-ring (bicyclic) bond motifs is 1. The van der Waals surface area contributed by atoms with Crippen molar-refractivity contribution in [3.8, 4) is 11.5 Å². The fraction of sp³-hybridized carbons (Fsp3) is 0.263. The highest BCUT2D eigenvalue weighted by Crippen LogP contribution is 2.32. The number of carboxylic acid groups (broad SMARTS) is 1. The molecule has 136 valence electrons. The van der Waals surface area contributed by atoms with Crippen molar-refractivity contribution < 1.29 is 24.2 Å². The maximum absolute atomic E-state index is 12.3. The Morgan fingerprint density at radius 1 is 1.08 bits per heavy atom. The van der Waals surface area contributed by atoms with E-state index in [0.717, 1.165) is 16.8 Å². The summed E-state index contributed by atoms with van der Waals surface area (Å²) < 4.78 is 10.6. The summed E-state index contributed by atoms with van der Waals surface area (Å²) in [5.74, 6) is 1.73. The van der Waals surface area contributed by atoms with Crippen LogP contribution < -0.4 is 14.8 Å². The standard InChI is InChI=1S/C19H19NO5S/c21-18(10-13-4-5-16-17(9-13)25-12-24-16)20-15-3-1-2-14(8-15)11-26-7-6-19(22)23/h1-5,8-9H,6-7,10-12H2,(H,20,21)(H,22,23). The summed E-state index contributed by atoms with van der Waals surface area (Å²) in [6.45, 7) is 0.211. The van der Waals surface area contributed by atoms with Gasteiger partial charge in [0.2, 0.25) is 12.7 Å². The molecule has 6 nitrogen and oxygen atoms in total. The van der Waals surface area contributed by atoms with Crippen LogP contribution in [0.4, 0.5) is 5.69 Å². The van der Waals surface area contributed by atoms with Crippen molar-refractivity contribution in [3.05, 3.63) is 53.6 Å². The number of hydrogen-bond donors (Lipinski definition) is 2. The van der Waals surface area contributed by atoms with E-state index in [1.807, 2.05) is 36.4 Å². The van der Waals surface area contributed by atoms with E-state index in [4.69, 9.17) is 14.6 Å². The zero-order valence-electron chi connectivity index (χ0n) is 14.1. The molecule has 1 aliphatic heterocycles. The van der Waals surface area contributed by atoms with E-state index >= 15 is 0 Å². The molecule has 0 radical (unpaired) electrons. The van der Waals surface area contributed by atoms with Crippen molar-refractivity contribution in [3.63, 3.8) is 0 Å². The number of rotatable bonds is 8. The molecule has 0 saturated carbocycles. The predicted molar refractivity (Wildman–Crippen MR) is 99.8 cm³/mol. The minimum Gasteiger partial charge on any atom is -0.481 e. The Kier molecular flexibility index (Phi) is 6.01. The van der Waals surface area contributed by atoms with Crippen LogP contribution in [-0.2, 0) is 21.8 Å². The second-order valence-corrected chi connectivity index (χ2v) is 6.91. The Balaban J connectivity index is 1.52. The first-order chi connectivity index (χ1) is 12.6. The molecule has 0 atom stereocenters. The summed E-state index contributed by atoms with van der Waals surface area (Å²) in [6, 6.07) is 13.1. The first-order valence-electron chi connectivity index (χ1n) is 8.17. The lowest BCUT2D eigenvalue weighted by Gasteiger charge is -2.08. The molecule has 3 rings (SSSR count). The Morgan fingerprint density at radius 3 is 2.77 bits per heavy atom. The van der Waals surface area contributed by atoms with Gasteiger partial charge in [-0.25, -0.2) is 0 Å². The lowest BCUT2D eigenvalue weighted by Crippen LogP contribution is -2.14. The summed E-state index contributed by atoms with van der Waals surface area (Å²) in [7, 11) is 0. The molecular formula is C19H19NO5S. The number of nitrogens with one attached hydrogen (secondary N) is 1. The molecule has 26 heavy (non-hydrogen) atoms. The van der Waals surface area contributed by atoms with Crippen LogP contribution in [0.2, 0.25) is 0 Å². The van der Waals surface area contributed by atoms with Gasteiger partial charge in [0, 0.05) is 17.2 Å². The first-order valence-corrected chi connectivity index (χ1v) is 9.32. The van der Waals surface area contributed by atoms with Crippen LogP contribution in [0.1, 0.15) is 17.5 Å². The van der Waals surface area contributed by atoms with Gasteiger partial charge < -0.3 is 19.9 Å². The van der Waals surface area contributed by atoms with E-state index in [1.165, 1.54) is 0 Å². The fourth-order valence-electron chi connectivity index (χ4n) is 2.53. The number of hydrogen-bond acceptors (Lipinski definition) is 5. The molecule has 2 aromatic rings. The molecular weight excluding hydrogens is 354 g/mol. The monoisotopic (exact) mass is 373 g/mol. The number of anilines is 1. The van der Waals surface area contributed by atoms with Gasteiger partial charge in [0.1, 0.15) is 0 Å². The van der Waals surface area contributed by atoms with E-state index in [-0.39, 0.29) is 25.5 Å². The van der Waals surface area contributed by atoms with Crippen molar-refractivity contribution in [2.24, 2.45) is 0 Å². The van der Waals surface area contributed by atoms with Gasteiger partial charge in [0.15, 0.2) is 11.5 Å². The van der Waals surface area contributed by atoms with Crippen LogP contribution in [-0.4, -0.2) is 29.5 Å². The molecule has 0 fully saturated rings. The number of ether oxygens (including phenoxy) is 2. The van der Waals surface area contributed by atoms with Gasteiger partial charge in [0.25, 0.3) is 0 Å². The van der Waals surface area contributed by atoms with Crippen molar-refractivity contribution >= 4 is 29.3 Å². The van der Waals surface area contributed by atoms with Crippen LogP contribution in [0.25, 0.3) is 0 Å². The minimum absolute atomic E-state index is 0.112. The highest BCUT2D eigenvalue weighted by Gasteiger charge is 2.14. The second kappa shape index (κ2) is 8.62. The van der Waals surface area contributed by atoms with Crippen molar-refractivity contribution in [1.82, 2.24) is 0 Å². The SMILES string of the molecule is O=C(O)CCSCc1cccc(NC(=O)Cc2ccc3c(c2)OCO3)c1. The summed E-state index contributed by atoms with van der Waals surface area (Å²) >= 11 is 1.56. The largest absolute Gasteiger partial charge is 0.481 e. The molecule has 0 saturated heterocycles. The molecule has 2 N–H and O–H groups in total. The Labute approximate surface area is 155 Å². The third-order valence-corrected chi connectivity index (χ3v) is 4.77. The topological polar surface area (TPSA) is 84.9 Å². The van der Waals surface area contributed by atoms with Crippen LogP contribution in [0.15, 0.2) is 42.5 Å². The minimum atomic E-state index is -0.790. The molecule has 1 heterocycles. The molecule has 2 aromatic carbocycles. The first kappa shape index (κ1) is 18.1. The van der Waals surface area contributed by atoms with E-state index in [9.17, 15) is 9.59 Å². The van der Waals surface area contributed by atoms with Gasteiger partial charge in [0.05, 0.1) is 12.8 Å². The van der Waals surface area contributed by atoms with Crippen molar-refractivity contribution in [2.75, 3.05) is 17.9 Å². The number of carbonyl (C=O) groups excluding carboxylic acids is 1. The highest BCUT2D eigenvalue weighted by atomic mass is 32.2. The highest BCUT2D eigenvalue weighted by molar-refractivity contribution is 7.98. The summed E-state index contributed by atoms with van der Waals surface area (Å²) in [6.07, 6.45) is 0.394. The van der Waals surface area contributed by atoms with Gasteiger partial charge in [-0.3, -0.25) is 9.59 Å². The number of aliphatic carboxylic acids is 1. The molecule has 7 heteroatoms. The number of benzene rings is 2. The summed E-state index contributed by atoms with van der Waals surface area (Å²) in [5.41, 5.74) is 2.63. The van der Waals surface area contributed by atoms with Crippen LogP contribution in [0, 0.1) is 0 Å². The van der Waals surface area contributed by atoms with Crippen molar-refractivity contribution in [2.45, 2.75) is 18.6 Å². The number of carbonyl (C=O) groups is 2. The lowest BCUT2D eigenvalue weighted by molar-refractivity contribution is -0.136. The fourth-order valence-corrected chi connectivity index (χ4v) is 3.41. The summed E-state index contributed by atoms with van der Waals surface area (Å²) in [5, 5.41) is 11.5. The number of amides is 1. The zero-order chi connectivity index (χ0) is 18.4. The van der Waals surface area contributed by atoms with Crippen LogP contribution >= 0.6 is 11.8 Å². The molecule has 0 aliphatic carbocycles. The normalized spacial score (nSPS) is 12.0. The predicted octanol–water partition coefficient (Wildman–Crippen LogP) is 3.30. The molecule has 0 aromatic heterocycles. The van der Waals surface area contributed by atoms with E-state index in [0.29, 0.717) is 23.0 Å². The van der Waals surface area contributed by atoms with Gasteiger partial charge in [-0.1, -0.05) is 18.2 Å². The quantitative estimate of drug-likeness (QED) is 0.691. The molecule has 1 amide bonds. The Hall–Kier alpha value is -2.67. The number of thioether (sulfide) groups is 1. The summed E-state index contributed by atoms with van der Waals surface area (Å²) in [4.78, 5) is 22.8. The van der Waals surface area contributed by atoms with E-state index < -0.39 is 5.97 Å². The molecule has 0 unspecified atom stereocenters. The van der Waals surface area contributed by atoms with Gasteiger partial charge >= 0.3 is 5.97 Å². The molecule has 0 spiro atoms. The average molecular weight is 373 g/mol. The third-order valence-electron chi connectivity index (χ3n) is 3.74. The number of carboxylic acids is 1. The smallest absolute Gasteiger partial charge is 0.304 e. The second-order valence-electron chi connectivity index (χ2n) is 5.81. The van der Waals surface area contributed by atoms with Gasteiger partial charge in [-0.05, 0) is 35.4 Å². The maximum atomic E-state index is 12.3. The third kappa shape index (κ3) is 5.16.